The molecule has 0 saturated carbocycles. The molecule has 0 bridgehead atoms. The van der Waals surface area contributed by atoms with Gasteiger partial charge in [0.15, 0.2) is 0 Å². The number of hydrogen-bond donors (Lipinski definition) is 0. The van der Waals surface area contributed by atoms with Crippen molar-refractivity contribution in [1.82, 2.24) is 9.13 Å². The van der Waals surface area contributed by atoms with Gasteiger partial charge in [-0.2, -0.15) is 0 Å². The fourth-order valence-electron chi connectivity index (χ4n) is 10.6. The number of hydrogen-bond acceptors (Lipinski definition) is 2. The van der Waals surface area contributed by atoms with Crippen molar-refractivity contribution in [2.45, 2.75) is 41.5 Å². The van der Waals surface area contributed by atoms with Crippen LogP contribution in [0.3, 0.4) is 0 Å². The summed E-state index contributed by atoms with van der Waals surface area (Å²) in [7, 11) is 0. The maximum Gasteiger partial charge on any atom is 0.0534 e. The Hall–Kier alpha value is -8.60. The predicted molar refractivity (Wildman–Crippen MR) is 298 cm³/mol. The number of benzene rings is 10. The van der Waals surface area contributed by atoms with Gasteiger partial charge in [-0.05, 0) is 207 Å². The number of fused-ring (bicyclic) bond motifs is 4. The van der Waals surface area contributed by atoms with Crippen LogP contribution in [0.2, 0.25) is 0 Å². The molecule has 0 N–H and O–H groups in total. The van der Waals surface area contributed by atoms with Gasteiger partial charge in [0, 0.05) is 67.7 Å². The lowest BCUT2D eigenvalue weighted by molar-refractivity contribution is 1.04. The molecule has 0 atom stereocenters. The largest absolute Gasteiger partial charge is 0.314 e. The molecule has 4 nitrogen and oxygen atoms in total. The second-order valence-corrected chi connectivity index (χ2v) is 19.0. The lowest BCUT2D eigenvalue weighted by Gasteiger charge is -2.26. The summed E-state index contributed by atoms with van der Waals surface area (Å²) >= 11 is 0. The highest BCUT2D eigenvalue weighted by Crippen LogP contribution is 2.41. The number of nitrogens with zero attached hydrogens (tertiary/aromatic N) is 4. The topological polar surface area (TPSA) is 16.3 Å². The fourth-order valence-corrected chi connectivity index (χ4v) is 10.6. The lowest BCUT2D eigenvalue weighted by Crippen LogP contribution is -2.10. The summed E-state index contributed by atoms with van der Waals surface area (Å²) < 4.78 is 4.82. The Balaban J connectivity index is 0.860. The summed E-state index contributed by atoms with van der Waals surface area (Å²) in [5, 5.41) is 7.46. The van der Waals surface area contributed by atoms with Crippen LogP contribution in [0.15, 0.2) is 218 Å². The van der Waals surface area contributed by atoms with Crippen LogP contribution in [-0.4, -0.2) is 9.13 Å². The van der Waals surface area contributed by atoms with Crippen LogP contribution in [0.5, 0.6) is 0 Å². The first-order valence-electron chi connectivity index (χ1n) is 24.3. The van der Waals surface area contributed by atoms with Gasteiger partial charge < -0.3 is 18.9 Å². The first-order chi connectivity index (χ1) is 34.2. The van der Waals surface area contributed by atoms with Crippen LogP contribution in [0, 0.1) is 41.5 Å². The monoisotopic (exact) mass is 902 g/mol. The molecule has 4 heteroatoms. The van der Waals surface area contributed by atoms with E-state index in [4.69, 9.17) is 0 Å². The lowest BCUT2D eigenvalue weighted by atomic mass is 10.00. The van der Waals surface area contributed by atoms with Crippen molar-refractivity contribution in [1.29, 1.82) is 0 Å². The van der Waals surface area contributed by atoms with E-state index in [1.165, 1.54) is 88.1 Å². The zero-order valence-electron chi connectivity index (χ0n) is 40.6. The van der Waals surface area contributed by atoms with Gasteiger partial charge >= 0.3 is 0 Å². The molecule has 338 valence electrons. The molecule has 0 aliphatic heterocycles. The Kier molecular flexibility index (Phi) is 10.5. The molecule has 0 unspecified atom stereocenters. The van der Waals surface area contributed by atoms with Crippen molar-refractivity contribution >= 4 is 77.5 Å². The molecule has 12 aromatic rings. The van der Waals surface area contributed by atoms with Crippen LogP contribution >= 0.6 is 0 Å². The zero-order chi connectivity index (χ0) is 47.6. The average molecular weight is 903 g/mol. The summed E-state index contributed by atoms with van der Waals surface area (Å²) in [6.07, 6.45) is 0. The molecular formula is C66H54N4. The van der Waals surface area contributed by atoms with Crippen molar-refractivity contribution in [3.63, 3.8) is 0 Å². The van der Waals surface area contributed by atoms with E-state index in [1.807, 2.05) is 0 Å². The maximum atomic E-state index is 2.41. The Morgan fingerprint density at radius 2 is 0.614 bits per heavy atom. The predicted octanol–water partition coefficient (Wildman–Crippen LogP) is 18.3. The minimum Gasteiger partial charge on any atom is -0.314 e. The third-order valence-corrected chi connectivity index (χ3v) is 14.7. The van der Waals surface area contributed by atoms with E-state index in [9.17, 15) is 0 Å². The van der Waals surface area contributed by atoms with E-state index in [-0.39, 0.29) is 0 Å². The molecule has 0 aliphatic carbocycles. The SMILES string of the molecule is Cc1ccc(N(c2ccc(-n3c(C)c(C)c4cc(-c5ccc6c(c5)c(C)c(C)n6-c5ccc(N(c6ccc(C)cc6)c6ccc7ccccc7c6)cc5)ccc43)cc2)c2ccc3ccccc3c2)cc1. The third-order valence-electron chi connectivity index (χ3n) is 14.7. The first kappa shape index (κ1) is 42.7. The van der Waals surface area contributed by atoms with Gasteiger partial charge in [-0.25, -0.2) is 0 Å². The molecule has 10 aromatic carbocycles. The summed E-state index contributed by atoms with van der Waals surface area (Å²) in [6.45, 7) is 13.3. The van der Waals surface area contributed by atoms with Crippen molar-refractivity contribution in [2.75, 3.05) is 9.80 Å². The molecule has 2 heterocycles. The van der Waals surface area contributed by atoms with Gasteiger partial charge in [0.2, 0.25) is 0 Å². The standard InChI is InChI=1S/C66H54N4/c1-43-15-23-57(24-16-43)69(61-27-19-49-11-7-9-13-51(49)39-61)59-33-29-55(30-34-59)67-47(5)45(3)63-41-53(21-37-65(63)67)54-22-38-66-64(42-54)46(4)48(6)68(66)56-31-35-60(36-32-56)70(58-25-17-44(2)18-26-58)62-28-20-50-12-8-10-14-52(50)40-62/h7-42H,1-6H3. The first-order valence-corrected chi connectivity index (χ1v) is 24.3. The number of rotatable bonds is 9. The second-order valence-electron chi connectivity index (χ2n) is 19.0. The summed E-state index contributed by atoms with van der Waals surface area (Å²) in [6, 6.07) is 80.3. The quantitative estimate of drug-likeness (QED) is 0.143. The minimum atomic E-state index is 1.12. The fraction of sp³-hybridized carbons (Fsp3) is 0.0909. The summed E-state index contributed by atoms with van der Waals surface area (Å²) in [5.74, 6) is 0. The van der Waals surface area contributed by atoms with Crippen LogP contribution < -0.4 is 9.80 Å². The molecule has 0 spiro atoms. The van der Waals surface area contributed by atoms with Crippen molar-refractivity contribution in [2.24, 2.45) is 0 Å². The van der Waals surface area contributed by atoms with E-state index in [0.29, 0.717) is 0 Å². The van der Waals surface area contributed by atoms with Crippen LogP contribution in [0.4, 0.5) is 34.1 Å². The minimum absolute atomic E-state index is 1.12. The molecule has 70 heavy (non-hydrogen) atoms. The number of aryl methyl sites for hydroxylation is 4. The molecule has 0 saturated heterocycles. The maximum absolute atomic E-state index is 2.41. The highest BCUT2D eigenvalue weighted by atomic mass is 15.1. The molecule has 0 aliphatic rings. The van der Waals surface area contributed by atoms with E-state index in [1.54, 1.807) is 0 Å². The molecular weight excluding hydrogens is 849 g/mol. The Bertz CT molecular complexity index is 3670. The Labute approximate surface area is 410 Å². The molecule has 2 aromatic heterocycles. The molecule has 0 fully saturated rings. The van der Waals surface area contributed by atoms with Crippen LogP contribution in [-0.2, 0) is 0 Å². The summed E-state index contributed by atoms with van der Waals surface area (Å²) in [4.78, 5) is 4.71. The smallest absolute Gasteiger partial charge is 0.0534 e. The van der Waals surface area contributed by atoms with E-state index >= 15 is 0 Å². The van der Waals surface area contributed by atoms with E-state index in [0.717, 1.165) is 45.5 Å². The Morgan fingerprint density at radius 1 is 0.286 bits per heavy atom. The third kappa shape index (κ3) is 7.41. The molecule has 0 amide bonds. The van der Waals surface area contributed by atoms with Gasteiger partial charge in [0.25, 0.3) is 0 Å². The van der Waals surface area contributed by atoms with Crippen molar-refractivity contribution < 1.29 is 0 Å². The molecule has 12 rings (SSSR count). The second kappa shape index (κ2) is 17.2. The zero-order valence-corrected chi connectivity index (χ0v) is 40.6. The van der Waals surface area contributed by atoms with Crippen molar-refractivity contribution in [3.05, 3.63) is 252 Å². The highest BCUT2D eigenvalue weighted by molar-refractivity contribution is 5.96. The number of anilines is 6. The van der Waals surface area contributed by atoms with Gasteiger partial charge in [0.05, 0.1) is 11.0 Å². The van der Waals surface area contributed by atoms with Gasteiger partial charge in [-0.3, -0.25) is 0 Å². The van der Waals surface area contributed by atoms with E-state index < -0.39 is 0 Å². The Morgan fingerprint density at radius 3 is 0.986 bits per heavy atom. The van der Waals surface area contributed by atoms with Gasteiger partial charge in [-0.1, -0.05) is 108 Å². The summed E-state index contributed by atoms with van der Waals surface area (Å²) in [5.41, 5.74) is 21.5. The van der Waals surface area contributed by atoms with Gasteiger partial charge in [0.1, 0.15) is 0 Å². The number of aromatic nitrogens is 2. The van der Waals surface area contributed by atoms with Gasteiger partial charge in [-0.15, -0.1) is 0 Å². The average Bonchev–Trinajstić information content (AvgIpc) is 3.80. The highest BCUT2D eigenvalue weighted by Gasteiger charge is 2.20. The van der Waals surface area contributed by atoms with E-state index in [2.05, 4.69) is 279 Å². The van der Waals surface area contributed by atoms with Crippen molar-refractivity contribution in [3.8, 4) is 22.5 Å². The normalized spacial score (nSPS) is 11.6. The molecule has 0 radical (unpaired) electrons. The van der Waals surface area contributed by atoms with Crippen LogP contribution in [0.25, 0.3) is 65.9 Å². The van der Waals surface area contributed by atoms with Crippen LogP contribution in [0.1, 0.15) is 33.6 Å².